The second-order valence-corrected chi connectivity index (χ2v) is 5.67. The van der Waals surface area contributed by atoms with Crippen molar-refractivity contribution in [3.8, 4) is 5.75 Å². The lowest BCUT2D eigenvalue weighted by atomic mass is 10.3. The molecule has 2 N–H and O–H groups in total. The van der Waals surface area contributed by atoms with Crippen LogP contribution in [0.5, 0.6) is 5.75 Å². The zero-order valence-corrected chi connectivity index (χ0v) is 18.3. The van der Waals surface area contributed by atoms with E-state index in [9.17, 15) is 0 Å². The summed E-state index contributed by atoms with van der Waals surface area (Å²) in [6.45, 7) is 11.0. The van der Waals surface area contributed by atoms with Gasteiger partial charge in [-0.15, -0.1) is 30.6 Å². The summed E-state index contributed by atoms with van der Waals surface area (Å²) in [6, 6.07) is 7.82. The number of halogens is 1. The third kappa shape index (κ3) is 12.1. The molecule has 0 aromatic heterocycles. The number of ether oxygens (including phenoxy) is 3. The fourth-order valence-electron chi connectivity index (χ4n) is 1.94. The van der Waals surface area contributed by atoms with Crippen molar-refractivity contribution in [2.24, 2.45) is 4.99 Å². The van der Waals surface area contributed by atoms with Crippen molar-refractivity contribution in [3.63, 3.8) is 0 Å². The molecule has 0 aliphatic heterocycles. The molecule has 0 radical (unpaired) electrons. The Balaban J connectivity index is 0.00000625. The van der Waals surface area contributed by atoms with E-state index in [0.717, 1.165) is 17.9 Å². The molecule has 1 aromatic rings. The van der Waals surface area contributed by atoms with Crippen molar-refractivity contribution in [3.05, 3.63) is 36.9 Å². The largest absolute Gasteiger partial charge is 0.491 e. The average Bonchev–Trinajstić information content (AvgIpc) is 2.59. The van der Waals surface area contributed by atoms with Gasteiger partial charge in [-0.05, 0) is 44.5 Å². The van der Waals surface area contributed by atoms with Crippen LogP contribution in [0.3, 0.4) is 0 Å². The third-order valence-corrected chi connectivity index (χ3v) is 3.05. The summed E-state index contributed by atoms with van der Waals surface area (Å²) < 4.78 is 16.0. The molecule has 0 bridgehead atoms. The maximum Gasteiger partial charge on any atom is 0.196 e. The molecule has 0 atom stereocenters. The molecular formula is C19H32IN3O3. The van der Waals surface area contributed by atoms with E-state index in [0.29, 0.717) is 38.9 Å². The summed E-state index contributed by atoms with van der Waals surface area (Å²) in [5, 5.41) is 6.48. The van der Waals surface area contributed by atoms with Crippen LogP contribution in [0.15, 0.2) is 41.9 Å². The lowest BCUT2D eigenvalue weighted by Gasteiger charge is -2.13. The molecule has 0 saturated heterocycles. The monoisotopic (exact) mass is 477 g/mol. The number of nitrogens with zero attached hydrogens (tertiary/aromatic N) is 1. The van der Waals surface area contributed by atoms with E-state index in [2.05, 4.69) is 22.2 Å². The summed E-state index contributed by atoms with van der Waals surface area (Å²) in [6.07, 6.45) is 2.81. The molecule has 1 rings (SSSR count). The molecule has 0 spiro atoms. The zero-order chi connectivity index (χ0) is 18.3. The van der Waals surface area contributed by atoms with E-state index in [1.54, 1.807) is 13.2 Å². The van der Waals surface area contributed by atoms with Crippen LogP contribution in [-0.2, 0) is 9.47 Å². The molecule has 7 heteroatoms. The van der Waals surface area contributed by atoms with Crippen molar-refractivity contribution >= 4 is 35.6 Å². The Morgan fingerprint density at radius 2 is 1.92 bits per heavy atom. The number of hydrogen-bond donors (Lipinski definition) is 2. The number of hydrogen-bond acceptors (Lipinski definition) is 4. The second-order valence-electron chi connectivity index (χ2n) is 5.67. The predicted octanol–water partition coefficient (Wildman–Crippen LogP) is 3.69. The van der Waals surface area contributed by atoms with Gasteiger partial charge in [-0.1, -0.05) is 6.08 Å². The fourth-order valence-corrected chi connectivity index (χ4v) is 1.94. The molecule has 0 aliphatic carbocycles. The van der Waals surface area contributed by atoms with Gasteiger partial charge >= 0.3 is 0 Å². The van der Waals surface area contributed by atoms with Crippen LogP contribution in [0.2, 0.25) is 0 Å². The minimum absolute atomic E-state index is 0. The van der Waals surface area contributed by atoms with Crippen molar-refractivity contribution in [2.45, 2.75) is 26.4 Å². The van der Waals surface area contributed by atoms with Gasteiger partial charge in [-0.25, -0.2) is 0 Å². The molecule has 0 saturated carbocycles. The minimum Gasteiger partial charge on any atom is -0.491 e. The van der Waals surface area contributed by atoms with Crippen LogP contribution in [0.4, 0.5) is 5.69 Å². The topological polar surface area (TPSA) is 64.1 Å². The molecule has 26 heavy (non-hydrogen) atoms. The highest BCUT2D eigenvalue weighted by atomic mass is 127. The highest BCUT2D eigenvalue weighted by molar-refractivity contribution is 14.0. The Kier molecular flexibility index (Phi) is 15.1. The SMILES string of the molecule is C=CCNC(=NCCCOCCOC)Nc1ccc(OC(C)C)cc1.I. The number of methoxy groups -OCH3 is 1. The van der Waals surface area contributed by atoms with Crippen LogP contribution in [0, 0.1) is 0 Å². The van der Waals surface area contributed by atoms with Gasteiger partial charge in [0.1, 0.15) is 5.75 Å². The number of nitrogens with one attached hydrogen (secondary N) is 2. The third-order valence-electron chi connectivity index (χ3n) is 3.05. The van der Waals surface area contributed by atoms with Crippen LogP contribution in [0.25, 0.3) is 0 Å². The Hall–Kier alpha value is -1.32. The zero-order valence-electron chi connectivity index (χ0n) is 16.0. The first-order valence-corrected chi connectivity index (χ1v) is 8.65. The quantitative estimate of drug-likeness (QED) is 0.158. The van der Waals surface area contributed by atoms with Gasteiger partial charge in [0.25, 0.3) is 0 Å². The number of rotatable bonds is 12. The van der Waals surface area contributed by atoms with Gasteiger partial charge in [-0.3, -0.25) is 4.99 Å². The van der Waals surface area contributed by atoms with Crippen LogP contribution >= 0.6 is 24.0 Å². The van der Waals surface area contributed by atoms with Gasteiger partial charge in [0.2, 0.25) is 0 Å². The Morgan fingerprint density at radius 3 is 2.54 bits per heavy atom. The van der Waals surface area contributed by atoms with E-state index in [1.807, 2.05) is 38.1 Å². The Morgan fingerprint density at radius 1 is 1.19 bits per heavy atom. The van der Waals surface area contributed by atoms with Crippen molar-refractivity contribution in [1.82, 2.24) is 5.32 Å². The number of anilines is 1. The number of guanidine groups is 1. The van der Waals surface area contributed by atoms with E-state index in [-0.39, 0.29) is 30.1 Å². The van der Waals surface area contributed by atoms with Gasteiger partial charge in [-0.2, -0.15) is 0 Å². The van der Waals surface area contributed by atoms with Gasteiger partial charge in [0, 0.05) is 32.5 Å². The molecule has 1 aromatic carbocycles. The van der Waals surface area contributed by atoms with E-state index < -0.39 is 0 Å². The molecule has 148 valence electrons. The number of benzene rings is 1. The summed E-state index contributed by atoms with van der Waals surface area (Å²) in [5.41, 5.74) is 0.947. The highest BCUT2D eigenvalue weighted by Gasteiger charge is 2.01. The molecule has 0 unspecified atom stereocenters. The Labute approximate surface area is 174 Å². The highest BCUT2D eigenvalue weighted by Crippen LogP contribution is 2.16. The van der Waals surface area contributed by atoms with Crippen LogP contribution in [-0.4, -0.2) is 52.1 Å². The molecular weight excluding hydrogens is 445 g/mol. The molecule has 0 fully saturated rings. The van der Waals surface area contributed by atoms with Gasteiger partial charge < -0.3 is 24.8 Å². The maximum atomic E-state index is 5.65. The summed E-state index contributed by atoms with van der Waals surface area (Å²) in [5.74, 6) is 1.57. The lowest BCUT2D eigenvalue weighted by molar-refractivity contribution is 0.0702. The van der Waals surface area contributed by atoms with Crippen molar-refractivity contribution < 1.29 is 14.2 Å². The minimum atomic E-state index is 0. The van der Waals surface area contributed by atoms with Gasteiger partial charge in [0.05, 0.1) is 19.3 Å². The Bertz CT molecular complexity index is 507. The first-order valence-electron chi connectivity index (χ1n) is 8.65. The van der Waals surface area contributed by atoms with E-state index in [4.69, 9.17) is 14.2 Å². The molecule has 0 amide bonds. The van der Waals surface area contributed by atoms with Crippen LogP contribution in [0.1, 0.15) is 20.3 Å². The first kappa shape index (κ1) is 24.7. The smallest absolute Gasteiger partial charge is 0.196 e. The standard InChI is InChI=1S/C19H31N3O3.HI/c1-5-11-20-19(21-12-6-13-24-15-14-23-4)22-17-7-9-18(10-8-17)25-16(2)3;/h5,7-10,16H,1,6,11-15H2,2-4H3,(H2,20,21,22);1H. The fraction of sp³-hybridized carbons (Fsp3) is 0.526. The molecule has 6 nitrogen and oxygen atoms in total. The van der Waals surface area contributed by atoms with E-state index >= 15 is 0 Å². The molecule has 0 aliphatic rings. The average molecular weight is 477 g/mol. The van der Waals surface area contributed by atoms with Crippen LogP contribution < -0.4 is 15.4 Å². The van der Waals surface area contributed by atoms with Crippen molar-refractivity contribution in [2.75, 3.05) is 45.3 Å². The van der Waals surface area contributed by atoms with E-state index in [1.165, 1.54) is 0 Å². The number of aliphatic imine (C=N–C) groups is 1. The maximum absolute atomic E-state index is 5.65. The van der Waals surface area contributed by atoms with Crippen molar-refractivity contribution in [1.29, 1.82) is 0 Å². The second kappa shape index (κ2) is 15.9. The first-order chi connectivity index (χ1) is 12.2. The summed E-state index contributed by atoms with van der Waals surface area (Å²) >= 11 is 0. The summed E-state index contributed by atoms with van der Waals surface area (Å²) in [4.78, 5) is 4.55. The van der Waals surface area contributed by atoms with Gasteiger partial charge in [0.15, 0.2) is 5.96 Å². The molecule has 0 heterocycles. The lowest BCUT2D eigenvalue weighted by Crippen LogP contribution is -2.31. The normalized spacial score (nSPS) is 11.0. The predicted molar refractivity (Wildman–Crippen MR) is 119 cm³/mol. The summed E-state index contributed by atoms with van der Waals surface area (Å²) in [7, 11) is 1.67.